The third kappa shape index (κ3) is 30.0. The zero-order valence-electron chi connectivity index (χ0n) is 34.5. The van der Waals surface area contributed by atoms with E-state index >= 15 is 0 Å². The molecule has 0 fully saturated rings. The number of nitrogens with zero attached hydrogens (tertiary/aromatic N) is 2. The maximum absolute atomic E-state index is 12.9. The minimum absolute atomic E-state index is 0. The third-order valence-electron chi connectivity index (χ3n) is 11.4. The Morgan fingerprint density at radius 3 is 0.800 bits per heavy atom. The molecular weight excluding hydrogens is 663 g/mol. The van der Waals surface area contributed by atoms with E-state index in [1.54, 1.807) is 0 Å². The van der Waals surface area contributed by atoms with Crippen molar-refractivity contribution in [3.63, 3.8) is 0 Å². The van der Waals surface area contributed by atoms with Crippen molar-refractivity contribution in [2.45, 2.75) is 196 Å². The summed E-state index contributed by atoms with van der Waals surface area (Å²) in [6, 6.07) is 0. The molecule has 0 aromatic carbocycles. The summed E-state index contributed by atoms with van der Waals surface area (Å²) in [6.07, 6.45) is 32.6. The van der Waals surface area contributed by atoms with E-state index < -0.39 is 0 Å². The van der Waals surface area contributed by atoms with Crippen LogP contribution in [0.15, 0.2) is 0 Å². The Balaban J connectivity index is -0.0000110. The van der Waals surface area contributed by atoms with Crippen molar-refractivity contribution in [3.05, 3.63) is 0 Å². The van der Waals surface area contributed by atoms with Gasteiger partial charge in [0.15, 0.2) is 13.1 Å². The van der Waals surface area contributed by atoms with Gasteiger partial charge in [-0.3, -0.25) is 9.59 Å². The van der Waals surface area contributed by atoms with Gasteiger partial charge in [-0.05, 0) is 53.4 Å². The van der Waals surface area contributed by atoms with E-state index in [1.807, 2.05) is 0 Å². The van der Waals surface area contributed by atoms with Crippen LogP contribution < -0.4 is 35.4 Å². The number of likely N-dealkylation sites (N-methyl/N-ethyl adjacent to an activating group) is 2. The fraction of sp³-hybridized carbons (Fsp3) is 0.952. The molecule has 0 radical (unpaired) electrons. The van der Waals surface area contributed by atoms with Gasteiger partial charge in [0.25, 0.3) is 11.8 Å². The average Bonchev–Trinajstić information content (AvgIpc) is 3.10. The molecule has 0 saturated heterocycles. The van der Waals surface area contributed by atoms with Crippen LogP contribution in [-0.4, -0.2) is 86.2 Å². The Bertz CT molecular complexity index is 673. The molecule has 0 saturated carbocycles. The van der Waals surface area contributed by atoms with Crippen molar-refractivity contribution >= 4 is 11.8 Å². The number of hydrogen-bond donors (Lipinski definition) is 2. The van der Waals surface area contributed by atoms with Crippen molar-refractivity contribution in [2.24, 2.45) is 0 Å². The average molecular weight is 752 g/mol. The molecule has 0 aromatic heterocycles. The summed E-state index contributed by atoms with van der Waals surface area (Å²) in [5, 5.41) is 6.20. The molecule has 6 nitrogen and oxygen atoms in total. The highest BCUT2D eigenvalue weighted by molar-refractivity contribution is 5.78. The van der Waals surface area contributed by atoms with Crippen molar-refractivity contribution in [1.82, 2.24) is 10.6 Å². The standard InChI is InChI=1S/C42H86N4O2.2ClH/c1-7-13-15-17-19-21-23-25-27-29-31-33-37-45(9-3,10-4)39-41(47)43-35-36-44-42(48)40-46(11-5,12-6)38-34-32-30-28-26-24-22-20-18-16-14-8-2;;/h7-40H2,1-6H3;2*1H. The van der Waals surface area contributed by atoms with Crippen molar-refractivity contribution < 1.29 is 43.4 Å². The number of amides is 2. The molecule has 0 spiro atoms. The second kappa shape index (κ2) is 38.2. The highest BCUT2D eigenvalue weighted by atomic mass is 35.5. The highest BCUT2D eigenvalue weighted by Gasteiger charge is 2.27. The zero-order chi connectivity index (χ0) is 35.6. The fourth-order valence-corrected chi connectivity index (χ4v) is 7.39. The molecule has 302 valence electrons. The summed E-state index contributed by atoms with van der Waals surface area (Å²) in [4.78, 5) is 25.8. The summed E-state index contributed by atoms with van der Waals surface area (Å²) < 4.78 is 1.73. The molecule has 50 heavy (non-hydrogen) atoms. The molecule has 0 aliphatic heterocycles. The Morgan fingerprint density at radius 2 is 0.580 bits per heavy atom. The Hall–Kier alpha value is -0.560. The Labute approximate surface area is 325 Å². The number of rotatable bonds is 37. The van der Waals surface area contributed by atoms with Crippen LogP contribution in [0.4, 0.5) is 0 Å². The maximum atomic E-state index is 12.9. The number of hydrogen-bond acceptors (Lipinski definition) is 2. The van der Waals surface area contributed by atoms with Crippen LogP contribution in [0.5, 0.6) is 0 Å². The van der Waals surface area contributed by atoms with Gasteiger partial charge in [0.2, 0.25) is 0 Å². The lowest BCUT2D eigenvalue weighted by atomic mass is 10.0. The Morgan fingerprint density at radius 1 is 0.360 bits per heavy atom. The van der Waals surface area contributed by atoms with E-state index in [9.17, 15) is 9.59 Å². The van der Waals surface area contributed by atoms with Crippen molar-refractivity contribution in [2.75, 3.05) is 65.4 Å². The van der Waals surface area contributed by atoms with Crippen LogP contribution in [0.2, 0.25) is 0 Å². The molecule has 0 rings (SSSR count). The molecule has 0 unspecified atom stereocenters. The number of carbonyl (C=O) groups is 2. The molecule has 2 amide bonds. The predicted octanol–water partition coefficient (Wildman–Crippen LogP) is 4.34. The molecule has 2 N–H and O–H groups in total. The van der Waals surface area contributed by atoms with Gasteiger partial charge in [-0.25, -0.2) is 0 Å². The van der Waals surface area contributed by atoms with Crippen LogP contribution in [0.1, 0.15) is 196 Å². The topological polar surface area (TPSA) is 58.2 Å². The second-order valence-electron chi connectivity index (χ2n) is 15.2. The van der Waals surface area contributed by atoms with E-state index in [2.05, 4.69) is 52.2 Å². The first kappa shape index (κ1) is 53.8. The summed E-state index contributed by atoms with van der Waals surface area (Å²) >= 11 is 0. The van der Waals surface area contributed by atoms with Gasteiger partial charge in [0, 0.05) is 13.1 Å². The third-order valence-corrected chi connectivity index (χ3v) is 11.4. The molecule has 0 atom stereocenters. The normalized spacial score (nSPS) is 11.6. The van der Waals surface area contributed by atoms with Crippen LogP contribution >= 0.6 is 0 Å². The van der Waals surface area contributed by atoms with Gasteiger partial charge in [-0.2, -0.15) is 0 Å². The minimum atomic E-state index is 0. The number of nitrogens with one attached hydrogen (secondary N) is 2. The lowest BCUT2D eigenvalue weighted by Gasteiger charge is -2.36. The number of carbonyl (C=O) groups excluding carboxylic acids is 2. The predicted molar refractivity (Wildman–Crippen MR) is 210 cm³/mol. The maximum Gasteiger partial charge on any atom is 0.275 e. The molecule has 0 heterocycles. The molecule has 0 bridgehead atoms. The van der Waals surface area contributed by atoms with E-state index in [-0.39, 0.29) is 36.6 Å². The summed E-state index contributed by atoms with van der Waals surface area (Å²) in [5.41, 5.74) is 0. The molecule has 0 aliphatic rings. The largest absolute Gasteiger partial charge is 1.00 e. The van der Waals surface area contributed by atoms with Gasteiger partial charge >= 0.3 is 0 Å². The van der Waals surface area contributed by atoms with Gasteiger partial charge in [-0.15, -0.1) is 0 Å². The van der Waals surface area contributed by atoms with Crippen LogP contribution in [0, 0.1) is 0 Å². The van der Waals surface area contributed by atoms with E-state index in [4.69, 9.17) is 0 Å². The second-order valence-corrected chi connectivity index (χ2v) is 15.2. The van der Waals surface area contributed by atoms with Crippen molar-refractivity contribution in [1.29, 1.82) is 0 Å². The Kier molecular flexibility index (Phi) is 41.1. The smallest absolute Gasteiger partial charge is 0.275 e. The molecule has 8 heteroatoms. The lowest BCUT2D eigenvalue weighted by molar-refractivity contribution is -0.917. The molecule has 0 aromatic rings. The number of quaternary nitrogens is 2. The van der Waals surface area contributed by atoms with E-state index in [0.717, 1.165) is 48.2 Å². The quantitative estimate of drug-likeness (QED) is 0.0734. The van der Waals surface area contributed by atoms with Crippen LogP contribution in [0.25, 0.3) is 0 Å². The van der Waals surface area contributed by atoms with E-state index in [1.165, 1.54) is 154 Å². The monoisotopic (exact) mass is 751 g/mol. The molecule has 0 aliphatic carbocycles. The SMILES string of the molecule is CCCCCCCCCCCCCC[N+](CC)(CC)CC(=O)NCCNC(=O)C[N+](CC)(CC)CCCCCCCCCCCCCC.[Cl-].[Cl-]. The van der Waals surface area contributed by atoms with E-state index in [0.29, 0.717) is 26.2 Å². The number of unbranched alkanes of at least 4 members (excludes halogenated alkanes) is 22. The number of halogens is 2. The minimum Gasteiger partial charge on any atom is -1.00 e. The zero-order valence-corrected chi connectivity index (χ0v) is 36.0. The fourth-order valence-electron chi connectivity index (χ4n) is 7.39. The first-order valence-electron chi connectivity index (χ1n) is 21.6. The molecular formula is C42H88Cl2N4O2. The van der Waals surface area contributed by atoms with Crippen molar-refractivity contribution in [3.8, 4) is 0 Å². The lowest BCUT2D eigenvalue weighted by Crippen LogP contribution is -3.00. The summed E-state index contributed by atoms with van der Waals surface area (Å²) in [6.45, 7) is 21.7. The van der Waals surface area contributed by atoms with Gasteiger partial charge in [-0.1, -0.05) is 142 Å². The highest BCUT2D eigenvalue weighted by Crippen LogP contribution is 2.16. The first-order valence-corrected chi connectivity index (χ1v) is 21.6. The van der Waals surface area contributed by atoms with Crippen LogP contribution in [-0.2, 0) is 9.59 Å². The van der Waals surface area contributed by atoms with Gasteiger partial charge < -0.3 is 44.4 Å². The first-order chi connectivity index (χ1) is 23.4. The van der Waals surface area contributed by atoms with Gasteiger partial charge in [0.1, 0.15) is 0 Å². The summed E-state index contributed by atoms with van der Waals surface area (Å²) in [5.74, 6) is 0.234. The van der Waals surface area contributed by atoms with Crippen LogP contribution in [0.3, 0.4) is 0 Å². The summed E-state index contributed by atoms with van der Waals surface area (Å²) in [7, 11) is 0. The van der Waals surface area contributed by atoms with Gasteiger partial charge in [0.05, 0.1) is 39.3 Å².